The molecule has 0 aliphatic carbocycles. The lowest BCUT2D eigenvalue weighted by Gasteiger charge is -2.11. The molecule has 3 aromatic carbocycles. The topological polar surface area (TPSA) is 83.7 Å². The summed E-state index contributed by atoms with van der Waals surface area (Å²) in [4.78, 5) is 18.4. The average molecular weight is 458 g/mol. The minimum absolute atomic E-state index is 0.0587. The standard InChI is InChI=1S/C25H23N5O2S/c1-17-4-8-19(9-5-17)23-24(20-10-14-22(15-11-20)30(31)32)33-25(27-23)28-26-16-18-6-12-21(13-7-18)29(2)3/h4-16H,1-3H3,(H,27,28)/b26-16-. The van der Waals surface area contributed by atoms with E-state index in [1.165, 1.54) is 23.5 Å². The smallest absolute Gasteiger partial charge is 0.269 e. The number of hydrazone groups is 1. The van der Waals surface area contributed by atoms with Gasteiger partial charge in [0, 0.05) is 37.5 Å². The summed E-state index contributed by atoms with van der Waals surface area (Å²) in [5.41, 5.74) is 8.99. The molecule has 1 aromatic heterocycles. The second kappa shape index (κ2) is 9.62. The molecule has 0 saturated carbocycles. The molecule has 1 heterocycles. The highest BCUT2D eigenvalue weighted by molar-refractivity contribution is 7.19. The molecule has 0 atom stereocenters. The zero-order chi connectivity index (χ0) is 23.4. The van der Waals surface area contributed by atoms with E-state index in [1.54, 1.807) is 18.3 Å². The van der Waals surface area contributed by atoms with E-state index < -0.39 is 4.92 Å². The van der Waals surface area contributed by atoms with Crippen molar-refractivity contribution in [2.45, 2.75) is 6.92 Å². The van der Waals surface area contributed by atoms with Gasteiger partial charge >= 0.3 is 0 Å². The van der Waals surface area contributed by atoms with Gasteiger partial charge in [0.2, 0.25) is 5.13 Å². The molecule has 0 radical (unpaired) electrons. The number of aryl methyl sites for hydroxylation is 1. The number of thiazole rings is 1. The van der Waals surface area contributed by atoms with Crippen molar-refractivity contribution in [1.82, 2.24) is 4.98 Å². The third kappa shape index (κ3) is 5.24. The largest absolute Gasteiger partial charge is 0.378 e. The van der Waals surface area contributed by atoms with Gasteiger partial charge in [0.1, 0.15) is 0 Å². The van der Waals surface area contributed by atoms with E-state index >= 15 is 0 Å². The Labute approximate surface area is 196 Å². The number of anilines is 2. The summed E-state index contributed by atoms with van der Waals surface area (Å²) in [5, 5.41) is 16.0. The summed E-state index contributed by atoms with van der Waals surface area (Å²) >= 11 is 1.45. The summed E-state index contributed by atoms with van der Waals surface area (Å²) in [7, 11) is 4.00. The summed E-state index contributed by atoms with van der Waals surface area (Å²) in [5.74, 6) is 0. The van der Waals surface area contributed by atoms with Crippen LogP contribution in [0.15, 0.2) is 77.9 Å². The molecule has 0 aliphatic heterocycles. The van der Waals surface area contributed by atoms with Crippen LogP contribution in [0, 0.1) is 17.0 Å². The number of nitrogens with one attached hydrogen (secondary N) is 1. The summed E-state index contributed by atoms with van der Waals surface area (Å²) in [6.07, 6.45) is 1.75. The van der Waals surface area contributed by atoms with Gasteiger partial charge in [0.25, 0.3) is 5.69 Å². The normalized spacial score (nSPS) is 11.0. The molecule has 4 rings (SSSR count). The van der Waals surface area contributed by atoms with E-state index in [1.807, 2.05) is 74.4 Å². The van der Waals surface area contributed by atoms with Gasteiger partial charge in [0.05, 0.1) is 21.7 Å². The van der Waals surface area contributed by atoms with E-state index in [9.17, 15) is 10.1 Å². The number of non-ortho nitro benzene ring substituents is 1. The molecular formula is C25H23N5O2S. The highest BCUT2D eigenvalue weighted by Crippen LogP contribution is 2.39. The SMILES string of the molecule is Cc1ccc(-c2nc(N/N=C\c3ccc(N(C)C)cc3)sc2-c2ccc([N+](=O)[O-])cc2)cc1. The molecule has 0 aliphatic rings. The van der Waals surface area contributed by atoms with Crippen LogP contribution in [0.1, 0.15) is 11.1 Å². The van der Waals surface area contributed by atoms with Crippen molar-refractivity contribution < 1.29 is 4.92 Å². The van der Waals surface area contributed by atoms with Gasteiger partial charge in [-0.3, -0.25) is 15.5 Å². The fourth-order valence-corrected chi connectivity index (χ4v) is 4.17. The first-order chi connectivity index (χ1) is 15.9. The van der Waals surface area contributed by atoms with Crippen molar-refractivity contribution in [3.63, 3.8) is 0 Å². The number of nitro groups is 1. The predicted octanol–water partition coefficient (Wildman–Crippen LogP) is 6.21. The van der Waals surface area contributed by atoms with Crippen molar-refractivity contribution in [3.8, 4) is 21.7 Å². The van der Waals surface area contributed by atoms with Crippen molar-refractivity contribution in [2.75, 3.05) is 24.4 Å². The van der Waals surface area contributed by atoms with Crippen molar-refractivity contribution in [1.29, 1.82) is 0 Å². The van der Waals surface area contributed by atoms with Gasteiger partial charge in [-0.25, -0.2) is 4.98 Å². The quantitative estimate of drug-likeness (QED) is 0.203. The second-order valence-corrected chi connectivity index (χ2v) is 8.72. The third-order valence-electron chi connectivity index (χ3n) is 5.08. The molecule has 0 fully saturated rings. The van der Waals surface area contributed by atoms with Crippen molar-refractivity contribution in [3.05, 3.63) is 94.0 Å². The fourth-order valence-electron chi connectivity index (χ4n) is 3.23. The van der Waals surface area contributed by atoms with Crippen LogP contribution in [0.25, 0.3) is 21.7 Å². The number of aromatic nitrogens is 1. The first-order valence-corrected chi connectivity index (χ1v) is 11.1. The molecule has 166 valence electrons. The molecular weight excluding hydrogens is 434 g/mol. The van der Waals surface area contributed by atoms with Gasteiger partial charge in [-0.15, -0.1) is 0 Å². The maximum Gasteiger partial charge on any atom is 0.269 e. The molecule has 0 saturated heterocycles. The predicted molar refractivity (Wildman–Crippen MR) is 136 cm³/mol. The minimum Gasteiger partial charge on any atom is -0.378 e. The minimum atomic E-state index is -0.399. The molecule has 0 spiro atoms. The van der Waals surface area contributed by atoms with Crippen molar-refractivity contribution >= 4 is 34.1 Å². The number of rotatable bonds is 7. The molecule has 7 nitrogen and oxygen atoms in total. The van der Waals surface area contributed by atoms with Crippen LogP contribution in [0.5, 0.6) is 0 Å². The van der Waals surface area contributed by atoms with Crippen LogP contribution in [0.3, 0.4) is 0 Å². The van der Waals surface area contributed by atoms with Crippen LogP contribution in [-0.4, -0.2) is 30.2 Å². The summed E-state index contributed by atoms with van der Waals surface area (Å²) in [6.45, 7) is 2.04. The van der Waals surface area contributed by atoms with Gasteiger partial charge in [-0.05, 0) is 42.3 Å². The Kier molecular flexibility index (Phi) is 6.46. The third-order valence-corrected chi connectivity index (χ3v) is 6.08. The Morgan fingerprint density at radius 2 is 1.61 bits per heavy atom. The van der Waals surface area contributed by atoms with Gasteiger partial charge < -0.3 is 4.90 Å². The zero-order valence-electron chi connectivity index (χ0n) is 18.5. The lowest BCUT2D eigenvalue weighted by atomic mass is 10.1. The maximum atomic E-state index is 11.0. The molecule has 0 unspecified atom stereocenters. The number of hydrogen-bond acceptors (Lipinski definition) is 7. The lowest BCUT2D eigenvalue weighted by molar-refractivity contribution is -0.384. The Morgan fingerprint density at radius 3 is 2.21 bits per heavy atom. The van der Waals surface area contributed by atoms with E-state index in [0.29, 0.717) is 5.13 Å². The Hall–Kier alpha value is -4.04. The first kappa shape index (κ1) is 22.2. The monoisotopic (exact) mass is 457 g/mol. The second-order valence-electron chi connectivity index (χ2n) is 7.72. The molecule has 4 aromatic rings. The number of benzene rings is 3. The van der Waals surface area contributed by atoms with Crippen LogP contribution >= 0.6 is 11.3 Å². The van der Waals surface area contributed by atoms with E-state index in [4.69, 9.17) is 4.98 Å². The van der Waals surface area contributed by atoms with Crippen LogP contribution in [0.2, 0.25) is 0 Å². The first-order valence-electron chi connectivity index (χ1n) is 10.3. The Morgan fingerprint density at radius 1 is 0.970 bits per heavy atom. The van der Waals surface area contributed by atoms with Gasteiger partial charge in [0.15, 0.2) is 0 Å². The highest BCUT2D eigenvalue weighted by atomic mass is 32.1. The number of hydrogen-bond donors (Lipinski definition) is 1. The molecule has 0 amide bonds. The van der Waals surface area contributed by atoms with Crippen molar-refractivity contribution in [2.24, 2.45) is 5.10 Å². The lowest BCUT2D eigenvalue weighted by Crippen LogP contribution is -2.08. The Bertz CT molecular complexity index is 1280. The average Bonchev–Trinajstić information content (AvgIpc) is 3.24. The zero-order valence-corrected chi connectivity index (χ0v) is 19.3. The number of nitro benzene ring substituents is 1. The van der Waals surface area contributed by atoms with Crippen LogP contribution in [0.4, 0.5) is 16.5 Å². The highest BCUT2D eigenvalue weighted by Gasteiger charge is 2.16. The fraction of sp³-hybridized carbons (Fsp3) is 0.120. The van der Waals surface area contributed by atoms with Crippen LogP contribution in [-0.2, 0) is 0 Å². The van der Waals surface area contributed by atoms with Gasteiger partial charge in [-0.1, -0.05) is 53.3 Å². The molecule has 0 bridgehead atoms. The van der Waals surface area contributed by atoms with Crippen LogP contribution < -0.4 is 10.3 Å². The van der Waals surface area contributed by atoms with Gasteiger partial charge in [-0.2, -0.15) is 5.10 Å². The summed E-state index contributed by atoms with van der Waals surface area (Å²) in [6, 6.07) is 22.7. The Balaban J connectivity index is 1.62. The summed E-state index contributed by atoms with van der Waals surface area (Å²) < 4.78 is 0. The maximum absolute atomic E-state index is 11.0. The number of nitrogens with zero attached hydrogens (tertiary/aromatic N) is 4. The molecule has 8 heteroatoms. The van der Waals surface area contributed by atoms with E-state index in [2.05, 4.69) is 10.5 Å². The molecule has 1 N–H and O–H groups in total. The van der Waals surface area contributed by atoms with E-state index in [0.717, 1.165) is 38.5 Å². The molecule has 33 heavy (non-hydrogen) atoms. The van der Waals surface area contributed by atoms with E-state index in [-0.39, 0.29) is 5.69 Å².